The van der Waals surface area contributed by atoms with Gasteiger partial charge in [-0.3, -0.25) is 4.79 Å². The second-order valence-corrected chi connectivity index (χ2v) is 5.24. The molecule has 0 heterocycles. The molecular formula is C18H20FNO2. The zero-order valence-corrected chi connectivity index (χ0v) is 12.9. The molecule has 1 amide bonds. The first-order chi connectivity index (χ1) is 10.6. The third-order valence-electron chi connectivity index (χ3n) is 3.41. The third kappa shape index (κ3) is 4.58. The summed E-state index contributed by atoms with van der Waals surface area (Å²) < 4.78 is 18.4. The van der Waals surface area contributed by atoms with Crippen LogP contribution in [0, 0.1) is 19.7 Å². The molecule has 0 saturated carbocycles. The van der Waals surface area contributed by atoms with Crippen LogP contribution in [-0.4, -0.2) is 19.1 Å². The van der Waals surface area contributed by atoms with Gasteiger partial charge in [-0.05, 0) is 49.1 Å². The van der Waals surface area contributed by atoms with Crippen LogP contribution < -0.4 is 10.1 Å². The number of carbonyl (C=O) groups excluding carboxylic acids is 1. The minimum absolute atomic E-state index is 0.00485. The molecule has 0 aliphatic rings. The standard InChI is InChI=1S/C18H20FNO2/c1-13-4-3-5-14(2)18(13)22-12-17(21)20-11-10-15-6-8-16(19)9-7-15/h3-9H,10-12H2,1-2H3,(H,20,21). The maximum Gasteiger partial charge on any atom is 0.257 e. The number of para-hydroxylation sites is 1. The third-order valence-corrected chi connectivity index (χ3v) is 3.41. The van der Waals surface area contributed by atoms with Crippen molar-refractivity contribution in [1.29, 1.82) is 0 Å². The highest BCUT2D eigenvalue weighted by Gasteiger charge is 2.06. The van der Waals surface area contributed by atoms with Gasteiger partial charge in [-0.1, -0.05) is 30.3 Å². The molecule has 0 saturated heterocycles. The number of nitrogens with one attached hydrogen (secondary N) is 1. The number of halogens is 1. The molecule has 0 bridgehead atoms. The van der Waals surface area contributed by atoms with Gasteiger partial charge < -0.3 is 10.1 Å². The van der Waals surface area contributed by atoms with Gasteiger partial charge in [0.15, 0.2) is 6.61 Å². The highest BCUT2D eigenvalue weighted by Crippen LogP contribution is 2.21. The van der Waals surface area contributed by atoms with Crippen LogP contribution in [-0.2, 0) is 11.2 Å². The van der Waals surface area contributed by atoms with Crippen LogP contribution >= 0.6 is 0 Å². The van der Waals surface area contributed by atoms with Crippen LogP contribution in [0.25, 0.3) is 0 Å². The minimum atomic E-state index is -0.255. The predicted molar refractivity (Wildman–Crippen MR) is 84.5 cm³/mol. The molecule has 3 nitrogen and oxygen atoms in total. The number of aryl methyl sites for hydroxylation is 2. The smallest absolute Gasteiger partial charge is 0.257 e. The Hall–Kier alpha value is -2.36. The Labute approximate surface area is 130 Å². The van der Waals surface area contributed by atoms with Gasteiger partial charge in [0.1, 0.15) is 11.6 Å². The molecule has 0 spiro atoms. The van der Waals surface area contributed by atoms with Crippen LogP contribution in [0.15, 0.2) is 42.5 Å². The van der Waals surface area contributed by atoms with E-state index in [0.717, 1.165) is 22.4 Å². The van der Waals surface area contributed by atoms with E-state index in [4.69, 9.17) is 4.74 Å². The summed E-state index contributed by atoms with van der Waals surface area (Å²) in [6.07, 6.45) is 0.662. The molecule has 0 unspecified atom stereocenters. The Morgan fingerprint density at radius 1 is 1.09 bits per heavy atom. The largest absolute Gasteiger partial charge is 0.483 e. The van der Waals surface area contributed by atoms with E-state index in [0.29, 0.717) is 13.0 Å². The number of ether oxygens (including phenoxy) is 1. The lowest BCUT2D eigenvalue weighted by Crippen LogP contribution is -2.30. The Bertz CT molecular complexity index is 618. The number of carbonyl (C=O) groups is 1. The summed E-state index contributed by atoms with van der Waals surface area (Å²) >= 11 is 0. The molecule has 0 fully saturated rings. The quantitative estimate of drug-likeness (QED) is 0.890. The molecule has 2 rings (SSSR count). The van der Waals surface area contributed by atoms with Gasteiger partial charge in [-0.15, -0.1) is 0 Å². The number of hydrogen-bond acceptors (Lipinski definition) is 2. The van der Waals surface area contributed by atoms with Crippen molar-refractivity contribution < 1.29 is 13.9 Å². The summed E-state index contributed by atoms with van der Waals surface area (Å²) in [5, 5.41) is 2.80. The Morgan fingerprint density at radius 2 is 1.73 bits per heavy atom. The average Bonchev–Trinajstić information content (AvgIpc) is 2.49. The summed E-state index contributed by atoms with van der Waals surface area (Å²) in [5.74, 6) is 0.343. The molecule has 116 valence electrons. The van der Waals surface area contributed by atoms with Crippen LogP contribution in [0.4, 0.5) is 4.39 Å². The van der Waals surface area contributed by atoms with E-state index in [1.807, 2.05) is 32.0 Å². The highest BCUT2D eigenvalue weighted by atomic mass is 19.1. The van der Waals surface area contributed by atoms with E-state index < -0.39 is 0 Å². The summed E-state index contributed by atoms with van der Waals surface area (Å²) in [6.45, 7) is 4.40. The van der Waals surface area contributed by atoms with E-state index in [9.17, 15) is 9.18 Å². The molecule has 0 aliphatic carbocycles. The monoisotopic (exact) mass is 301 g/mol. The molecule has 0 aromatic heterocycles. The van der Waals surface area contributed by atoms with Gasteiger partial charge in [-0.25, -0.2) is 4.39 Å². The fourth-order valence-corrected chi connectivity index (χ4v) is 2.21. The summed E-state index contributed by atoms with van der Waals surface area (Å²) in [5.41, 5.74) is 3.01. The lowest BCUT2D eigenvalue weighted by molar-refractivity contribution is -0.123. The Balaban J connectivity index is 1.75. The maximum atomic E-state index is 12.8. The summed E-state index contributed by atoms with van der Waals surface area (Å²) in [7, 11) is 0. The van der Waals surface area contributed by atoms with Crippen LogP contribution in [0.3, 0.4) is 0 Å². The highest BCUT2D eigenvalue weighted by molar-refractivity contribution is 5.77. The predicted octanol–water partition coefficient (Wildman–Crippen LogP) is 3.18. The van der Waals surface area contributed by atoms with E-state index in [2.05, 4.69) is 5.32 Å². The molecule has 2 aromatic carbocycles. The van der Waals surface area contributed by atoms with Crippen molar-refractivity contribution >= 4 is 5.91 Å². The molecule has 0 aliphatic heterocycles. The molecule has 0 radical (unpaired) electrons. The van der Waals surface area contributed by atoms with Crippen LogP contribution in [0.1, 0.15) is 16.7 Å². The first-order valence-electron chi connectivity index (χ1n) is 7.26. The van der Waals surface area contributed by atoms with Crippen molar-refractivity contribution in [1.82, 2.24) is 5.32 Å². The molecule has 4 heteroatoms. The van der Waals surface area contributed by atoms with Crippen molar-refractivity contribution in [3.8, 4) is 5.75 Å². The van der Waals surface area contributed by atoms with Gasteiger partial charge in [-0.2, -0.15) is 0 Å². The van der Waals surface area contributed by atoms with E-state index >= 15 is 0 Å². The number of rotatable bonds is 6. The van der Waals surface area contributed by atoms with E-state index in [1.165, 1.54) is 12.1 Å². The summed E-state index contributed by atoms with van der Waals surface area (Å²) in [6, 6.07) is 12.1. The molecule has 1 N–H and O–H groups in total. The van der Waals surface area contributed by atoms with E-state index in [1.54, 1.807) is 12.1 Å². The fourth-order valence-electron chi connectivity index (χ4n) is 2.21. The Morgan fingerprint density at radius 3 is 2.36 bits per heavy atom. The Kier molecular flexibility index (Phi) is 5.53. The van der Waals surface area contributed by atoms with E-state index in [-0.39, 0.29) is 18.3 Å². The first kappa shape index (κ1) is 16.0. The average molecular weight is 301 g/mol. The van der Waals surface area contributed by atoms with Crippen LogP contribution in [0.5, 0.6) is 5.75 Å². The van der Waals surface area contributed by atoms with Gasteiger partial charge >= 0.3 is 0 Å². The SMILES string of the molecule is Cc1cccc(C)c1OCC(=O)NCCc1ccc(F)cc1. The van der Waals surface area contributed by atoms with Gasteiger partial charge in [0, 0.05) is 6.54 Å². The van der Waals surface area contributed by atoms with Crippen molar-refractivity contribution in [3.05, 3.63) is 65.0 Å². The normalized spacial score (nSPS) is 10.3. The number of hydrogen-bond donors (Lipinski definition) is 1. The lowest BCUT2D eigenvalue weighted by Gasteiger charge is -2.12. The zero-order valence-electron chi connectivity index (χ0n) is 12.9. The molecule has 22 heavy (non-hydrogen) atoms. The van der Waals surface area contributed by atoms with Gasteiger partial charge in [0.2, 0.25) is 0 Å². The number of benzene rings is 2. The van der Waals surface area contributed by atoms with Crippen molar-refractivity contribution in [2.45, 2.75) is 20.3 Å². The van der Waals surface area contributed by atoms with Crippen molar-refractivity contribution in [2.24, 2.45) is 0 Å². The second-order valence-electron chi connectivity index (χ2n) is 5.24. The lowest BCUT2D eigenvalue weighted by atomic mass is 10.1. The first-order valence-corrected chi connectivity index (χ1v) is 7.26. The topological polar surface area (TPSA) is 38.3 Å². The second kappa shape index (κ2) is 7.59. The molecular weight excluding hydrogens is 281 g/mol. The molecule has 2 aromatic rings. The zero-order chi connectivity index (χ0) is 15.9. The summed E-state index contributed by atoms with van der Waals surface area (Å²) in [4.78, 5) is 11.8. The van der Waals surface area contributed by atoms with Gasteiger partial charge in [0.25, 0.3) is 5.91 Å². The fraction of sp³-hybridized carbons (Fsp3) is 0.278. The van der Waals surface area contributed by atoms with Gasteiger partial charge in [0.05, 0.1) is 0 Å². The minimum Gasteiger partial charge on any atom is -0.483 e. The van der Waals surface area contributed by atoms with Crippen molar-refractivity contribution in [3.63, 3.8) is 0 Å². The number of amides is 1. The van der Waals surface area contributed by atoms with Crippen molar-refractivity contribution in [2.75, 3.05) is 13.2 Å². The van der Waals surface area contributed by atoms with Crippen LogP contribution in [0.2, 0.25) is 0 Å². The maximum absolute atomic E-state index is 12.8. The molecule has 0 atom stereocenters.